The fourth-order valence-corrected chi connectivity index (χ4v) is 4.12. The number of hydrogen-bond donors (Lipinski definition) is 0. The van der Waals surface area contributed by atoms with E-state index in [1.807, 2.05) is 63.2 Å². The largest absolute Gasteiger partial charge is 0.341 e. The molecule has 2 aromatic carbocycles. The topological polar surface area (TPSA) is 55.2 Å². The maximum atomic E-state index is 12.9. The van der Waals surface area contributed by atoms with Gasteiger partial charge in [-0.15, -0.1) is 0 Å². The van der Waals surface area contributed by atoms with E-state index in [4.69, 9.17) is 0 Å². The zero-order valence-electron chi connectivity index (χ0n) is 16.7. The molecule has 1 heterocycles. The summed E-state index contributed by atoms with van der Waals surface area (Å²) in [6.07, 6.45) is 0. The number of para-hydroxylation sites is 1. The third kappa shape index (κ3) is 4.28. The lowest BCUT2D eigenvalue weighted by molar-refractivity contribution is -0.127. The van der Waals surface area contributed by atoms with Crippen LogP contribution in [0.2, 0.25) is 0 Å². The van der Waals surface area contributed by atoms with Crippen molar-refractivity contribution in [1.82, 2.24) is 14.5 Å². The summed E-state index contributed by atoms with van der Waals surface area (Å²) < 4.78 is 1.67. The number of rotatable bonds is 6. The Morgan fingerprint density at radius 2 is 1.82 bits per heavy atom. The van der Waals surface area contributed by atoms with Crippen LogP contribution in [-0.2, 0) is 11.3 Å². The second-order valence-corrected chi connectivity index (χ2v) is 8.09. The minimum atomic E-state index is -0.0659. The van der Waals surface area contributed by atoms with Gasteiger partial charge in [-0.2, -0.15) is 0 Å². The summed E-state index contributed by atoms with van der Waals surface area (Å²) in [5.74, 6) is 0.242. The molecule has 146 valence electrons. The first kappa shape index (κ1) is 20.1. The van der Waals surface area contributed by atoms with Gasteiger partial charge in [-0.25, -0.2) is 4.98 Å². The van der Waals surface area contributed by atoms with Crippen LogP contribution < -0.4 is 5.56 Å². The van der Waals surface area contributed by atoms with Gasteiger partial charge in [-0.1, -0.05) is 48.2 Å². The molecule has 0 aliphatic heterocycles. The lowest BCUT2D eigenvalue weighted by Gasteiger charge is -2.19. The molecule has 0 aliphatic rings. The smallest absolute Gasteiger partial charge is 0.262 e. The van der Waals surface area contributed by atoms with Crippen LogP contribution in [-0.4, -0.2) is 33.2 Å². The van der Waals surface area contributed by atoms with E-state index in [2.05, 4.69) is 4.98 Å². The van der Waals surface area contributed by atoms with Gasteiger partial charge in [-0.3, -0.25) is 14.2 Å². The molecule has 0 saturated heterocycles. The molecule has 0 radical (unpaired) electrons. The SMILES string of the molecule is Cc1ccccc1CN(C)C(=O)CSc1nc2ccccc2c(=O)n1C(C)C. The molecule has 0 atom stereocenters. The Hall–Kier alpha value is -2.60. The minimum absolute atomic E-state index is 0.00552. The van der Waals surface area contributed by atoms with Crippen molar-refractivity contribution in [3.05, 3.63) is 70.0 Å². The number of nitrogens with zero attached hydrogens (tertiary/aromatic N) is 3. The van der Waals surface area contributed by atoms with Crippen molar-refractivity contribution in [2.75, 3.05) is 12.8 Å². The first-order valence-electron chi connectivity index (χ1n) is 9.31. The average Bonchev–Trinajstić information content (AvgIpc) is 2.67. The monoisotopic (exact) mass is 395 g/mol. The molecule has 0 bridgehead atoms. The number of fused-ring (bicyclic) bond motifs is 1. The van der Waals surface area contributed by atoms with E-state index in [0.29, 0.717) is 22.6 Å². The number of aryl methyl sites for hydroxylation is 1. The number of aromatic nitrogens is 2. The van der Waals surface area contributed by atoms with Crippen molar-refractivity contribution in [3.63, 3.8) is 0 Å². The maximum absolute atomic E-state index is 12.9. The van der Waals surface area contributed by atoms with Gasteiger partial charge in [0.05, 0.1) is 16.7 Å². The highest BCUT2D eigenvalue weighted by molar-refractivity contribution is 7.99. The highest BCUT2D eigenvalue weighted by atomic mass is 32.2. The normalized spacial score (nSPS) is 11.2. The van der Waals surface area contributed by atoms with E-state index in [0.717, 1.165) is 5.56 Å². The molecule has 0 fully saturated rings. The molecule has 1 amide bonds. The highest BCUT2D eigenvalue weighted by Crippen LogP contribution is 2.21. The van der Waals surface area contributed by atoms with Crippen LogP contribution in [0.4, 0.5) is 0 Å². The quantitative estimate of drug-likeness (QED) is 0.467. The zero-order valence-corrected chi connectivity index (χ0v) is 17.5. The molecular formula is C22H25N3O2S. The summed E-state index contributed by atoms with van der Waals surface area (Å²) in [6.45, 7) is 6.51. The molecule has 28 heavy (non-hydrogen) atoms. The van der Waals surface area contributed by atoms with Gasteiger partial charge in [-0.05, 0) is 44.0 Å². The Balaban J connectivity index is 1.79. The molecule has 6 heteroatoms. The number of thioether (sulfide) groups is 1. The van der Waals surface area contributed by atoms with Crippen LogP contribution in [0.1, 0.15) is 31.0 Å². The number of carbonyl (C=O) groups is 1. The Labute approximate surface area is 169 Å². The zero-order chi connectivity index (χ0) is 20.3. The lowest BCUT2D eigenvalue weighted by Crippen LogP contribution is -2.29. The number of benzene rings is 2. The predicted molar refractivity (Wildman–Crippen MR) is 115 cm³/mol. The molecule has 3 rings (SSSR count). The Bertz CT molecular complexity index is 1060. The van der Waals surface area contributed by atoms with Crippen molar-refractivity contribution in [2.45, 2.75) is 38.5 Å². The molecule has 1 aromatic heterocycles. The van der Waals surface area contributed by atoms with E-state index < -0.39 is 0 Å². The van der Waals surface area contributed by atoms with Crippen LogP contribution in [0.5, 0.6) is 0 Å². The molecule has 0 aliphatic carbocycles. The summed E-state index contributed by atoms with van der Waals surface area (Å²) >= 11 is 1.32. The summed E-state index contributed by atoms with van der Waals surface area (Å²) in [4.78, 5) is 31.9. The van der Waals surface area contributed by atoms with Crippen molar-refractivity contribution >= 4 is 28.6 Å². The van der Waals surface area contributed by atoms with Gasteiger partial charge in [0, 0.05) is 19.6 Å². The predicted octanol–water partition coefficient (Wildman–Crippen LogP) is 4.04. The van der Waals surface area contributed by atoms with Crippen LogP contribution in [0.3, 0.4) is 0 Å². The summed E-state index contributed by atoms with van der Waals surface area (Å²) in [5, 5.41) is 1.18. The van der Waals surface area contributed by atoms with Gasteiger partial charge in [0.2, 0.25) is 5.91 Å². The van der Waals surface area contributed by atoms with E-state index >= 15 is 0 Å². The third-order valence-corrected chi connectivity index (χ3v) is 5.65. The minimum Gasteiger partial charge on any atom is -0.341 e. The van der Waals surface area contributed by atoms with Crippen molar-refractivity contribution < 1.29 is 4.79 Å². The molecule has 3 aromatic rings. The highest BCUT2D eigenvalue weighted by Gasteiger charge is 2.17. The average molecular weight is 396 g/mol. The molecule has 0 N–H and O–H groups in total. The van der Waals surface area contributed by atoms with Crippen molar-refractivity contribution in [1.29, 1.82) is 0 Å². The Kier molecular flexibility index (Phi) is 6.19. The number of carbonyl (C=O) groups excluding carboxylic acids is 1. The first-order valence-corrected chi connectivity index (χ1v) is 10.3. The van der Waals surface area contributed by atoms with Gasteiger partial charge in [0.15, 0.2) is 5.16 Å². The van der Waals surface area contributed by atoms with Gasteiger partial charge in [0.1, 0.15) is 0 Å². The Morgan fingerprint density at radius 3 is 2.54 bits per heavy atom. The van der Waals surface area contributed by atoms with Crippen molar-refractivity contribution in [3.8, 4) is 0 Å². The van der Waals surface area contributed by atoms with E-state index in [1.165, 1.54) is 17.3 Å². The molecule has 5 nitrogen and oxygen atoms in total. The van der Waals surface area contributed by atoms with Gasteiger partial charge >= 0.3 is 0 Å². The standard InChI is InChI=1S/C22H25N3O2S/c1-15(2)25-21(27)18-11-7-8-12-19(18)23-22(25)28-14-20(26)24(4)13-17-10-6-5-9-16(17)3/h5-12,15H,13-14H2,1-4H3. The van der Waals surface area contributed by atoms with E-state index in [9.17, 15) is 9.59 Å². The van der Waals surface area contributed by atoms with E-state index in [-0.39, 0.29) is 23.3 Å². The van der Waals surface area contributed by atoms with Crippen LogP contribution in [0, 0.1) is 6.92 Å². The number of amides is 1. The first-order chi connectivity index (χ1) is 13.4. The maximum Gasteiger partial charge on any atom is 0.262 e. The molecular weight excluding hydrogens is 370 g/mol. The molecule has 0 spiro atoms. The fourth-order valence-electron chi connectivity index (χ4n) is 3.05. The fraction of sp³-hybridized carbons (Fsp3) is 0.318. The summed E-state index contributed by atoms with van der Waals surface area (Å²) in [7, 11) is 1.80. The Morgan fingerprint density at radius 1 is 1.14 bits per heavy atom. The summed E-state index contributed by atoms with van der Waals surface area (Å²) in [5.41, 5.74) is 2.89. The number of hydrogen-bond acceptors (Lipinski definition) is 4. The summed E-state index contributed by atoms with van der Waals surface area (Å²) in [6, 6.07) is 15.3. The second-order valence-electron chi connectivity index (χ2n) is 7.15. The lowest BCUT2D eigenvalue weighted by atomic mass is 10.1. The van der Waals surface area contributed by atoms with Crippen LogP contribution in [0.25, 0.3) is 10.9 Å². The third-order valence-electron chi connectivity index (χ3n) is 4.71. The molecule has 0 saturated carbocycles. The van der Waals surface area contributed by atoms with Crippen LogP contribution >= 0.6 is 11.8 Å². The van der Waals surface area contributed by atoms with Crippen LogP contribution in [0.15, 0.2) is 58.5 Å². The van der Waals surface area contributed by atoms with Crippen molar-refractivity contribution in [2.24, 2.45) is 0 Å². The molecule has 0 unspecified atom stereocenters. The van der Waals surface area contributed by atoms with Gasteiger partial charge in [0.25, 0.3) is 5.56 Å². The van der Waals surface area contributed by atoms with E-state index in [1.54, 1.807) is 22.6 Å². The van der Waals surface area contributed by atoms with Gasteiger partial charge < -0.3 is 4.90 Å². The second kappa shape index (κ2) is 8.61.